The molecule has 0 radical (unpaired) electrons. The van der Waals surface area contributed by atoms with Crippen molar-refractivity contribution < 1.29 is 14.7 Å². The number of rotatable bonds is 4. The molecule has 1 heterocycles. The second-order valence-electron chi connectivity index (χ2n) is 6.83. The number of nitrogens with one attached hydrogen (secondary N) is 1. The molecule has 4 N–H and O–H groups in total. The molecule has 1 aliphatic heterocycles. The van der Waals surface area contributed by atoms with Crippen LogP contribution in [-0.2, 0) is 4.79 Å². The Morgan fingerprint density at radius 3 is 2.60 bits per heavy atom. The number of hydrogen-bond acceptors (Lipinski definition) is 3. The molecule has 0 bridgehead atoms. The average Bonchev–Trinajstić information content (AvgIpc) is 2.32. The Hall–Kier alpha value is -1.30. The summed E-state index contributed by atoms with van der Waals surface area (Å²) in [5.41, 5.74) is 5.75. The number of urea groups is 1. The van der Waals surface area contributed by atoms with Crippen molar-refractivity contribution in [2.45, 2.75) is 46.1 Å². The molecule has 0 aromatic heterocycles. The summed E-state index contributed by atoms with van der Waals surface area (Å²) >= 11 is 0. The van der Waals surface area contributed by atoms with Crippen molar-refractivity contribution in [1.29, 1.82) is 0 Å². The van der Waals surface area contributed by atoms with E-state index in [9.17, 15) is 14.7 Å². The second-order valence-corrected chi connectivity index (χ2v) is 6.83. The fraction of sp³-hybridized carbons (Fsp3) is 0.857. The van der Waals surface area contributed by atoms with Crippen LogP contribution in [0.2, 0.25) is 0 Å². The highest BCUT2D eigenvalue weighted by Gasteiger charge is 2.26. The summed E-state index contributed by atoms with van der Waals surface area (Å²) in [5, 5.41) is 11.9. The molecule has 1 saturated heterocycles. The molecule has 0 spiro atoms. The molecule has 2 amide bonds. The normalized spacial score (nSPS) is 21.4. The zero-order valence-corrected chi connectivity index (χ0v) is 12.7. The average molecular weight is 285 g/mol. The van der Waals surface area contributed by atoms with Crippen LogP contribution in [0.3, 0.4) is 0 Å². The van der Waals surface area contributed by atoms with E-state index >= 15 is 0 Å². The second kappa shape index (κ2) is 6.92. The molecule has 6 heteroatoms. The minimum absolute atomic E-state index is 0.0272. The molecule has 1 aliphatic rings. The molecule has 0 aliphatic carbocycles. The van der Waals surface area contributed by atoms with Crippen molar-refractivity contribution in [3.63, 3.8) is 0 Å². The van der Waals surface area contributed by atoms with Gasteiger partial charge in [-0.1, -0.05) is 20.8 Å². The number of aliphatic carboxylic acids is 1. The van der Waals surface area contributed by atoms with Gasteiger partial charge in [0.25, 0.3) is 0 Å². The predicted molar refractivity (Wildman–Crippen MR) is 77.4 cm³/mol. The van der Waals surface area contributed by atoms with E-state index < -0.39 is 11.9 Å². The summed E-state index contributed by atoms with van der Waals surface area (Å²) in [6.07, 6.45) is 2.37. The first-order chi connectivity index (χ1) is 9.19. The van der Waals surface area contributed by atoms with Crippen molar-refractivity contribution in [3.05, 3.63) is 0 Å². The largest absolute Gasteiger partial charge is 0.481 e. The van der Waals surface area contributed by atoms with Gasteiger partial charge < -0.3 is 21.1 Å². The van der Waals surface area contributed by atoms with Gasteiger partial charge in [-0.3, -0.25) is 4.79 Å². The molecule has 1 fully saturated rings. The van der Waals surface area contributed by atoms with Crippen LogP contribution in [0, 0.1) is 11.3 Å². The van der Waals surface area contributed by atoms with E-state index in [0.717, 1.165) is 12.8 Å². The van der Waals surface area contributed by atoms with Crippen LogP contribution in [0.1, 0.15) is 40.0 Å². The number of piperidine rings is 1. The monoisotopic (exact) mass is 285 g/mol. The summed E-state index contributed by atoms with van der Waals surface area (Å²) < 4.78 is 0. The summed E-state index contributed by atoms with van der Waals surface area (Å²) in [6.45, 7) is 7.38. The molecule has 20 heavy (non-hydrogen) atoms. The van der Waals surface area contributed by atoms with Gasteiger partial charge in [-0.2, -0.15) is 0 Å². The molecular formula is C14H27N3O3. The molecule has 0 aromatic rings. The lowest BCUT2D eigenvalue weighted by Gasteiger charge is -2.31. The van der Waals surface area contributed by atoms with E-state index in [2.05, 4.69) is 5.32 Å². The lowest BCUT2D eigenvalue weighted by Crippen LogP contribution is -2.50. The van der Waals surface area contributed by atoms with Crippen LogP contribution in [0.15, 0.2) is 0 Å². The zero-order chi connectivity index (χ0) is 15.3. The molecule has 2 unspecified atom stereocenters. The Kier molecular flexibility index (Phi) is 5.80. The van der Waals surface area contributed by atoms with Crippen LogP contribution in [0.25, 0.3) is 0 Å². The van der Waals surface area contributed by atoms with E-state index in [1.54, 1.807) is 4.90 Å². The molecule has 2 atom stereocenters. The Morgan fingerprint density at radius 2 is 2.10 bits per heavy atom. The first kappa shape index (κ1) is 16.8. The third-order valence-electron chi connectivity index (χ3n) is 3.45. The lowest BCUT2D eigenvalue weighted by molar-refractivity contribution is -0.142. The quantitative estimate of drug-likeness (QED) is 0.724. The number of nitrogens with zero attached hydrogens (tertiary/aromatic N) is 1. The highest BCUT2D eigenvalue weighted by Crippen LogP contribution is 2.24. The van der Waals surface area contributed by atoms with Crippen molar-refractivity contribution in [1.82, 2.24) is 10.2 Å². The molecule has 0 aromatic carbocycles. The Bertz CT molecular complexity index is 352. The maximum Gasteiger partial charge on any atom is 0.317 e. The number of carbonyl (C=O) groups excluding carboxylic acids is 1. The number of likely N-dealkylation sites (tertiary alicyclic amines) is 1. The summed E-state index contributed by atoms with van der Waals surface area (Å²) in [4.78, 5) is 24.9. The highest BCUT2D eigenvalue weighted by molar-refractivity contribution is 5.76. The minimum Gasteiger partial charge on any atom is -0.481 e. The van der Waals surface area contributed by atoms with Crippen LogP contribution in [0.4, 0.5) is 4.79 Å². The van der Waals surface area contributed by atoms with E-state index in [1.165, 1.54) is 0 Å². The first-order valence-corrected chi connectivity index (χ1v) is 7.20. The third-order valence-corrected chi connectivity index (χ3v) is 3.45. The molecular weight excluding hydrogens is 258 g/mol. The molecule has 116 valence electrons. The Morgan fingerprint density at radius 1 is 1.45 bits per heavy atom. The number of hydrogen-bond donors (Lipinski definition) is 3. The molecule has 6 nitrogen and oxygen atoms in total. The summed E-state index contributed by atoms with van der Waals surface area (Å²) in [6, 6.07) is -0.181. The number of carbonyl (C=O) groups is 2. The fourth-order valence-electron chi connectivity index (χ4n) is 2.50. The topological polar surface area (TPSA) is 95.7 Å². The van der Waals surface area contributed by atoms with Crippen LogP contribution in [-0.4, -0.2) is 47.7 Å². The van der Waals surface area contributed by atoms with Gasteiger partial charge in [0, 0.05) is 25.7 Å². The van der Waals surface area contributed by atoms with E-state index in [0.29, 0.717) is 19.5 Å². The number of amides is 2. The first-order valence-electron chi connectivity index (χ1n) is 7.20. The molecule has 0 saturated carbocycles. The van der Waals surface area contributed by atoms with E-state index in [1.807, 2.05) is 20.8 Å². The van der Waals surface area contributed by atoms with Gasteiger partial charge in [0.15, 0.2) is 0 Å². The highest BCUT2D eigenvalue weighted by atomic mass is 16.4. The van der Waals surface area contributed by atoms with Crippen molar-refractivity contribution in [2.75, 3.05) is 19.6 Å². The van der Waals surface area contributed by atoms with Crippen molar-refractivity contribution >= 4 is 12.0 Å². The maximum atomic E-state index is 12.0. The van der Waals surface area contributed by atoms with Gasteiger partial charge >= 0.3 is 12.0 Å². The number of carboxylic acid groups (broad SMARTS) is 1. The van der Waals surface area contributed by atoms with Gasteiger partial charge in [0.05, 0.1) is 5.92 Å². The van der Waals surface area contributed by atoms with E-state index in [-0.39, 0.29) is 24.0 Å². The van der Waals surface area contributed by atoms with Crippen LogP contribution < -0.4 is 11.1 Å². The Labute approximate surface area is 120 Å². The summed E-state index contributed by atoms with van der Waals surface area (Å²) in [7, 11) is 0. The van der Waals surface area contributed by atoms with Crippen LogP contribution >= 0.6 is 0 Å². The smallest absolute Gasteiger partial charge is 0.317 e. The van der Waals surface area contributed by atoms with Gasteiger partial charge in [0.2, 0.25) is 0 Å². The minimum atomic E-state index is -0.865. The lowest BCUT2D eigenvalue weighted by atomic mass is 9.84. The SMILES string of the molecule is CC(C)(C)CC(CNC(=O)N1CCCC(N)C1)C(=O)O. The summed E-state index contributed by atoms with van der Waals surface area (Å²) in [5.74, 6) is -1.42. The predicted octanol–water partition coefficient (Wildman–Crippen LogP) is 1.26. The van der Waals surface area contributed by atoms with Gasteiger partial charge in [-0.05, 0) is 24.7 Å². The number of nitrogens with two attached hydrogens (primary N) is 1. The molecule has 1 rings (SSSR count). The maximum absolute atomic E-state index is 12.0. The standard InChI is InChI=1S/C14H27N3O3/c1-14(2,3)7-10(12(18)19)8-16-13(20)17-6-4-5-11(15)9-17/h10-11H,4-9,15H2,1-3H3,(H,16,20)(H,18,19). The third kappa shape index (κ3) is 5.77. The van der Waals surface area contributed by atoms with Crippen molar-refractivity contribution in [3.8, 4) is 0 Å². The van der Waals surface area contributed by atoms with Crippen LogP contribution in [0.5, 0.6) is 0 Å². The zero-order valence-electron chi connectivity index (χ0n) is 12.7. The van der Waals surface area contributed by atoms with Crippen molar-refractivity contribution in [2.24, 2.45) is 17.1 Å². The number of carboxylic acids is 1. The Balaban J connectivity index is 2.46. The van der Waals surface area contributed by atoms with E-state index in [4.69, 9.17) is 5.73 Å². The fourth-order valence-corrected chi connectivity index (χ4v) is 2.50. The van der Waals surface area contributed by atoms with Gasteiger partial charge in [0.1, 0.15) is 0 Å². The van der Waals surface area contributed by atoms with Gasteiger partial charge in [-0.15, -0.1) is 0 Å². The van der Waals surface area contributed by atoms with Gasteiger partial charge in [-0.25, -0.2) is 4.79 Å².